The Morgan fingerprint density at radius 2 is 1.54 bits per heavy atom. The van der Waals surface area contributed by atoms with Crippen molar-refractivity contribution in [3.63, 3.8) is 0 Å². The van der Waals surface area contributed by atoms with Gasteiger partial charge in [0.2, 0.25) is 0 Å². The summed E-state index contributed by atoms with van der Waals surface area (Å²) < 4.78 is 6.57. The SMILES string of the molecule is Oc1cc(Br)c(C2Oc3c(Br)c(O)c(Br)c(O)c3CC2O)cc1O. The molecule has 0 fully saturated rings. The van der Waals surface area contributed by atoms with E-state index in [1.54, 1.807) is 0 Å². The van der Waals surface area contributed by atoms with Gasteiger partial charge in [0.05, 0.1) is 6.10 Å². The smallest absolute Gasteiger partial charge is 0.158 e. The normalized spacial score (nSPS) is 19.7. The van der Waals surface area contributed by atoms with E-state index in [2.05, 4.69) is 47.8 Å². The highest BCUT2D eigenvalue weighted by atomic mass is 79.9. The fourth-order valence-corrected chi connectivity index (χ4v) is 4.37. The number of halogens is 3. The van der Waals surface area contributed by atoms with Crippen molar-refractivity contribution >= 4 is 47.8 Å². The minimum atomic E-state index is -1.02. The van der Waals surface area contributed by atoms with Crippen LogP contribution in [0.5, 0.6) is 28.7 Å². The third-order valence-corrected chi connectivity index (χ3v) is 5.96. The maximum Gasteiger partial charge on any atom is 0.158 e. The Hall–Kier alpha value is -1.16. The molecule has 2 unspecified atom stereocenters. The van der Waals surface area contributed by atoms with E-state index < -0.39 is 12.2 Å². The van der Waals surface area contributed by atoms with Gasteiger partial charge in [-0.3, -0.25) is 0 Å². The van der Waals surface area contributed by atoms with Crippen molar-refractivity contribution in [1.29, 1.82) is 0 Å². The molecule has 0 bridgehead atoms. The summed E-state index contributed by atoms with van der Waals surface area (Å²) in [5, 5.41) is 49.9. The number of ether oxygens (including phenoxy) is 1. The Morgan fingerprint density at radius 1 is 0.917 bits per heavy atom. The van der Waals surface area contributed by atoms with E-state index in [1.165, 1.54) is 12.1 Å². The molecule has 2 aromatic carbocycles. The summed E-state index contributed by atoms with van der Waals surface area (Å²) in [4.78, 5) is 0. The van der Waals surface area contributed by atoms with E-state index >= 15 is 0 Å². The second-order valence-electron chi connectivity index (χ2n) is 5.31. The third-order valence-electron chi connectivity index (χ3n) is 3.79. The average Bonchev–Trinajstić information content (AvgIpc) is 2.54. The number of fused-ring (bicyclic) bond motifs is 1. The lowest BCUT2D eigenvalue weighted by molar-refractivity contribution is 0.0186. The van der Waals surface area contributed by atoms with Gasteiger partial charge in [-0.1, -0.05) is 15.9 Å². The Morgan fingerprint density at radius 3 is 2.21 bits per heavy atom. The number of phenols is 4. The molecule has 5 N–H and O–H groups in total. The molecule has 3 rings (SSSR count). The van der Waals surface area contributed by atoms with Crippen molar-refractivity contribution in [2.24, 2.45) is 0 Å². The topological polar surface area (TPSA) is 110 Å². The Bertz CT molecular complexity index is 839. The molecule has 0 radical (unpaired) electrons. The molecule has 0 saturated carbocycles. The molecule has 0 spiro atoms. The molecule has 0 amide bonds. The quantitative estimate of drug-likeness (QED) is 0.361. The molecule has 1 aliphatic rings. The van der Waals surface area contributed by atoms with Crippen LogP contribution in [0.15, 0.2) is 25.6 Å². The van der Waals surface area contributed by atoms with Crippen LogP contribution in [0, 0.1) is 0 Å². The number of hydrogen-bond acceptors (Lipinski definition) is 6. The summed E-state index contributed by atoms with van der Waals surface area (Å²) >= 11 is 9.56. The lowest BCUT2D eigenvalue weighted by Crippen LogP contribution is -2.31. The van der Waals surface area contributed by atoms with Gasteiger partial charge >= 0.3 is 0 Å². The highest BCUT2D eigenvalue weighted by Gasteiger charge is 2.36. The Balaban J connectivity index is 2.12. The molecule has 1 aliphatic heterocycles. The molecule has 6 nitrogen and oxygen atoms in total. The van der Waals surface area contributed by atoms with Crippen molar-refractivity contribution in [2.45, 2.75) is 18.6 Å². The van der Waals surface area contributed by atoms with E-state index in [0.717, 1.165) is 0 Å². The molecule has 9 heteroatoms. The summed E-state index contributed by atoms with van der Waals surface area (Å²) in [6.07, 6.45) is -1.83. The van der Waals surface area contributed by atoms with Crippen LogP contribution in [0.2, 0.25) is 0 Å². The molecule has 2 atom stereocenters. The standard InChI is InChI=1S/C15H11Br3O6/c16-6-3-8(20)7(19)1-4(6)14-9(21)2-5-12(22)10(17)13(23)11(18)15(5)24-14/h1,3,9,14,19-23H,2H2. The minimum absolute atomic E-state index is 0.0669. The van der Waals surface area contributed by atoms with E-state index in [4.69, 9.17) is 4.74 Å². The molecule has 0 saturated heterocycles. The molecular formula is C15H11Br3O6. The Kier molecular flexibility index (Phi) is 4.63. The molecule has 24 heavy (non-hydrogen) atoms. The second kappa shape index (κ2) is 6.29. The summed E-state index contributed by atoms with van der Waals surface area (Å²) in [6.45, 7) is 0. The second-order valence-corrected chi connectivity index (χ2v) is 7.75. The lowest BCUT2D eigenvalue weighted by Gasteiger charge is -2.33. The molecule has 1 heterocycles. The van der Waals surface area contributed by atoms with Crippen LogP contribution >= 0.6 is 47.8 Å². The van der Waals surface area contributed by atoms with E-state index in [9.17, 15) is 25.5 Å². The highest BCUT2D eigenvalue weighted by Crippen LogP contribution is 2.53. The van der Waals surface area contributed by atoms with Gasteiger partial charge in [0.15, 0.2) is 23.4 Å². The molecule has 128 valence electrons. The number of rotatable bonds is 1. The van der Waals surface area contributed by atoms with Crippen molar-refractivity contribution < 1.29 is 30.3 Å². The summed E-state index contributed by atoms with van der Waals surface area (Å²) in [7, 11) is 0. The van der Waals surface area contributed by atoms with Crippen LogP contribution in [0.3, 0.4) is 0 Å². The van der Waals surface area contributed by atoms with Crippen LogP contribution in [-0.4, -0.2) is 31.6 Å². The van der Waals surface area contributed by atoms with Crippen molar-refractivity contribution in [3.05, 3.63) is 36.7 Å². The molecule has 2 aromatic rings. The largest absolute Gasteiger partial charge is 0.506 e. The molecule has 0 aliphatic carbocycles. The van der Waals surface area contributed by atoms with Gasteiger partial charge in [-0.05, 0) is 44.0 Å². The molecular weight excluding hydrogens is 516 g/mol. The number of aromatic hydroxyl groups is 4. The van der Waals surface area contributed by atoms with Crippen LogP contribution in [-0.2, 0) is 6.42 Å². The predicted octanol–water partition coefficient (Wildman–Crippen LogP) is 3.83. The van der Waals surface area contributed by atoms with E-state index in [-0.39, 0.29) is 44.1 Å². The number of phenolic OH excluding ortho intramolecular Hbond substituents is 4. The monoisotopic (exact) mass is 524 g/mol. The zero-order valence-electron chi connectivity index (χ0n) is 11.8. The summed E-state index contributed by atoms with van der Waals surface area (Å²) in [5.74, 6) is -0.903. The van der Waals surface area contributed by atoms with Gasteiger partial charge in [0, 0.05) is 22.0 Å². The first-order valence-corrected chi connectivity index (χ1v) is 9.08. The Labute approximate surface area is 161 Å². The zero-order valence-corrected chi connectivity index (χ0v) is 16.6. The first kappa shape index (κ1) is 17.7. The minimum Gasteiger partial charge on any atom is -0.506 e. The average molecular weight is 527 g/mol. The van der Waals surface area contributed by atoms with Crippen molar-refractivity contribution in [2.75, 3.05) is 0 Å². The number of aliphatic hydroxyl groups is 1. The number of benzene rings is 2. The van der Waals surface area contributed by atoms with Gasteiger partial charge in [-0.25, -0.2) is 0 Å². The first-order valence-electron chi connectivity index (χ1n) is 6.70. The number of aliphatic hydroxyl groups excluding tert-OH is 1. The van der Waals surface area contributed by atoms with Gasteiger partial charge in [0.1, 0.15) is 20.4 Å². The fourth-order valence-electron chi connectivity index (χ4n) is 2.58. The van der Waals surface area contributed by atoms with Gasteiger partial charge in [0.25, 0.3) is 0 Å². The molecule has 0 aromatic heterocycles. The maximum absolute atomic E-state index is 10.4. The van der Waals surface area contributed by atoms with E-state index in [0.29, 0.717) is 15.6 Å². The van der Waals surface area contributed by atoms with Crippen molar-refractivity contribution in [1.82, 2.24) is 0 Å². The van der Waals surface area contributed by atoms with Crippen LogP contribution < -0.4 is 4.74 Å². The lowest BCUT2D eigenvalue weighted by atomic mass is 9.94. The predicted molar refractivity (Wildman–Crippen MR) is 95.7 cm³/mol. The van der Waals surface area contributed by atoms with Crippen molar-refractivity contribution in [3.8, 4) is 28.7 Å². The highest BCUT2D eigenvalue weighted by molar-refractivity contribution is 9.11. The maximum atomic E-state index is 10.4. The first-order chi connectivity index (χ1) is 11.2. The zero-order chi connectivity index (χ0) is 17.8. The van der Waals surface area contributed by atoms with E-state index in [1.807, 2.05) is 0 Å². The number of hydrogen-bond donors (Lipinski definition) is 5. The summed E-state index contributed by atoms with van der Waals surface area (Å²) in [6, 6.07) is 2.58. The van der Waals surface area contributed by atoms with Gasteiger partial charge in [-0.2, -0.15) is 0 Å². The van der Waals surface area contributed by atoms with Gasteiger partial charge in [-0.15, -0.1) is 0 Å². The fraction of sp³-hybridized carbons (Fsp3) is 0.200. The van der Waals surface area contributed by atoms with Crippen LogP contribution in [0.1, 0.15) is 17.2 Å². The third kappa shape index (κ3) is 2.73. The van der Waals surface area contributed by atoms with Crippen LogP contribution in [0.4, 0.5) is 0 Å². The summed E-state index contributed by atoms with van der Waals surface area (Å²) in [5.41, 5.74) is 0.756. The van der Waals surface area contributed by atoms with Gasteiger partial charge < -0.3 is 30.3 Å². The van der Waals surface area contributed by atoms with Crippen LogP contribution in [0.25, 0.3) is 0 Å².